The highest BCUT2D eigenvalue weighted by Crippen LogP contribution is 2.47. The van der Waals surface area contributed by atoms with Crippen LogP contribution in [0.3, 0.4) is 0 Å². The van der Waals surface area contributed by atoms with Crippen molar-refractivity contribution in [2.24, 2.45) is 10.8 Å². The first kappa shape index (κ1) is 30.8. The number of hydrogen-bond acceptors (Lipinski definition) is 5. The number of fused-ring (bicyclic) bond motifs is 2. The third-order valence-corrected chi connectivity index (χ3v) is 8.27. The van der Waals surface area contributed by atoms with Crippen LogP contribution in [-0.4, -0.2) is 18.9 Å². The van der Waals surface area contributed by atoms with Crippen molar-refractivity contribution in [2.75, 3.05) is 7.11 Å². The fraction of sp³-hybridized carbons (Fsp3) is 0.282. The molecule has 226 valence electrons. The number of methoxy groups -OCH3 is 1. The van der Waals surface area contributed by atoms with Gasteiger partial charge in [-0.2, -0.15) is 0 Å². The molecule has 5 heteroatoms. The van der Waals surface area contributed by atoms with Crippen molar-refractivity contribution in [3.63, 3.8) is 0 Å². The standard InChI is InChI=1S/C21H22O3.C18H18O2/c1-21(2)13-16-9-10-17(24-14-15-7-5-4-6-8-15)11-18(16)19(21)12-20(22)23-3;1-18(2)11-14-8-9-15(10-16(14)17(18)19)20-12-13-6-4-3-5-7-13/h4-12H,13-14H2,1-3H3;3-10H,11-12H2,1-2H3/b19-12-;. The summed E-state index contributed by atoms with van der Waals surface area (Å²) >= 11 is 0. The molecule has 0 N–H and O–H groups in total. The number of allylic oxidation sites excluding steroid dienone is 1. The van der Waals surface area contributed by atoms with Crippen LogP contribution in [0, 0.1) is 10.8 Å². The predicted molar refractivity (Wildman–Crippen MR) is 174 cm³/mol. The number of ether oxygens (including phenoxy) is 3. The highest BCUT2D eigenvalue weighted by Gasteiger charge is 2.37. The first-order valence-corrected chi connectivity index (χ1v) is 15.0. The van der Waals surface area contributed by atoms with Crippen molar-refractivity contribution in [3.05, 3.63) is 137 Å². The molecule has 5 nitrogen and oxygen atoms in total. The largest absolute Gasteiger partial charge is 0.489 e. The molecule has 0 saturated carbocycles. The molecule has 4 aromatic carbocycles. The van der Waals surface area contributed by atoms with Crippen LogP contribution >= 0.6 is 0 Å². The first-order valence-electron chi connectivity index (χ1n) is 15.0. The molecular weight excluding hydrogens is 548 g/mol. The molecule has 0 heterocycles. The molecule has 0 unspecified atom stereocenters. The molecule has 4 aromatic rings. The second kappa shape index (κ2) is 12.9. The van der Waals surface area contributed by atoms with Crippen LogP contribution in [0.1, 0.15) is 65.9 Å². The number of ketones is 1. The molecule has 0 saturated heterocycles. The van der Waals surface area contributed by atoms with Gasteiger partial charge in [0.05, 0.1) is 7.11 Å². The Hall–Kier alpha value is -4.64. The van der Waals surface area contributed by atoms with Gasteiger partial charge in [0.1, 0.15) is 24.7 Å². The zero-order valence-electron chi connectivity index (χ0n) is 26.2. The number of carbonyl (C=O) groups is 2. The number of carbonyl (C=O) groups excluding carboxylic acids is 2. The summed E-state index contributed by atoms with van der Waals surface area (Å²) in [4.78, 5) is 24.0. The van der Waals surface area contributed by atoms with E-state index >= 15 is 0 Å². The third kappa shape index (κ3) is 7.11. The minimum absolute atomic E-state index is 0.0887. The summed E-state index contributed by atoms with van der Waals surface area (Å²) in [6, 6.07) is 32.1. The molecule has 6 rings (SSSR count). The van der Waals surface area contributed by atoms with Crippen molar-refractivity contribution >= 4 is 17.3 Å². The zero-order valence-corrected chi connectivity index (χ0v) is 26.2. The number of hydrogen-bond donors (Lipinski definition) is 0. The molecule has 44 heavy (non-hydrogen) atoms. The summed E-state index contributed by atoms with van der Waals surface area (Å²) in [7, 11) is 1.40. The average molecular weight is 589 g/mol. The van der Waals surface area contributed by atoms with Gasteiger partial charge in [-0.05, 0) is 75.9 Å². The number of esters is 1. The van der Waals surface area contributed by atoms with E-state index in [2.05, 4.69) is 19.9 Å². The summed E-state index contributed by atoms with van der Waals surface area (Å²) < 4.78 is 16.5. The maximum Gasteiger partial charge on any atom is 0.330 e. The fourth-order valence-electron chi connectivity index (χ4n) is 5.85. The molecule has 0 spiro atoms. The van der Waals surface area contributed by atoms with E-state index in [9.17, 15) is 9.59 Å². The van der Waals surface area contributed by atoms with Crippen molar-refractivity contribution in [1.29, 1.82) is 0 Å². The summed E-state index contributed by atoms with van der Waals surface area (Å²) in [5.74, 6) is 1.48. The number of Topliss-reactive ketones (excluding diaryl/α,β-unsaturated/α-hetero) is 1. The molecule has 0 atom stereocenters. The monoisotopic (exact) mass is 588 g/mol. The van der Waals surface area contributed by atoms with E-state index in [4.69, 9.17) is 14.2 Å². The van der Waals surface area contributed by atoms with Crippen LogP contribution in [0.5, 0.6) is 11.5 Å². The second-order valence-electron chi connectivity index (χ2n) is 12.7. The lowest BCUT2D eigenvalue weighted by molar-refractivity contribution is -0.134. The SMILES string of the molecule is CC1(C)Cc2ccc(OCc3ccccc3)cc2C1=O.COC(=O)/C=C1/c2cc(OCc3ccccc3)ccc2CC1(C)C. The highest BCUT2D eigenvalue weighted by atomic mass is 16.5. The average Bonchev–Trinajstić information content (AvgIpc) is 3.41. The van der Waals surface area contributed by atoms with E-state index < -0.39 is 0 Å². The molecule has 0 fully saturated rings. The molecule has 2 aliphatic carbocycles. The van der Waals surface area contributed by atoms with Crippen molar-refractivity contribution in [1.82, 2.24) is 0 Å². The highest BCUT2D eigenvalue weighted by molar-refractivity contribution is 6.04. The normalized spacial score (nSPS) is 16.4. The Morgan fingerprint density at radius 1 is 0.682 bits per heavy atom. The van der Waals surface area contributed by atoms with Crippen LogP contribution in [0.2, 0.25) is 0 Å². The van der Waals surface area contributed by atoms with E-state index in [0.29, 0.717) is 13.2 Å². The molecule has 0 bridgehead atoms. The van der Waals surface area contributed by atoms with Crippen LogP contribution in [0.15, 0.2) is 103 Å². The maximum atomic E-state index is 12.3. The van der Waals surface area contributed by atoms with E-state index in [1.807, 2.05) is 105 Å². The van der Waals surface area contributed by atoms with Crippen LogP contribution < -0.4 is 9.47 Å². The Morgan fingerprint density at radius 2 is 1.16 bits per heavy atom. The maximum absolute atomic E-state index is 12.3. The topological polar surface area (TPSA) is 61.8 Å². The van der Waals surface area contributed by atoms with Gasteiger partial charge in [-0.25, -0.2) is 4.79 Å². The zero-order chi connectivity index (χ0) is 31.3. The van der Waals surface area contributed by atoms with Gasteiger partial charge in [0.25, 0.3) is 0 Å². The van der Waals surface area contributed by atoms with Crippen LogP contribution in [0.4, 0.5) is 0 Å². The summed E-state index contributed by atoms with van der Waals surface area (Å²) in [5.41, 5.74) is 7.17. The Labute approximate surface area is 260 Å². The first-order chi connectivity index (χ1) is 21.1. The van der Waals surface area contributed by atoms with Gasteiger partial charge in [0.2, 0.25) is 0 Å². The molecule has 0 aromatic heterocycles. The number of rotatable bonds is 7. The van der Waals surface area contributed by atoms with Crippen molar-refractivity contribution in [2.45, 2.75) is 53.8 Å². The minimum Gasteiger partial charge on any atom is -0.489 e. The van der Waals surface area contributed by atoms with Gasteiger partial charge < -0.3 is 14.2 Å². The Bertz CT molecular complexity index is 1670. The molecule has 2 aliphatic rings. The van der Waals surface area contributed by atoms with Gasteiger partial charge in [-0.15, -0.1) is 0 Å². The van der Waals surface area contributed by atoms with Crippen molar-refractivity contribution < 1.29 is 23.8 Å². The van der Waals surface area contributed by atoms with Gasteiger partial charge in [0.15, 0.2) is 5.78 Å². The molecule has 0 aliphatic heterocycles. The van der Waals surface area contributed by atoms with Crippen molar-refractivity contribution in [3.8, 4) is 11.5 Å². The Balaban J connectivity index is 0.000000177. The van der Waals surface area contributed by atoms with Crippen LogP contribution in [-0.2, 0) is 35.6 Å². The van der Waals surface area contributed by atoms with E-state index in [1.165, 1.54) is 12.7 Å². The minimum atomic E-state index is -0.318. The smallest absolute Gasteiger partial charge is 0.330 e. The number of benzene rings is 4. The summed E-state index contributed by atoms with van der Waals surface area (Å²) in [6.45, 7) is 9.34. The Morgan fingerprint density at radius 3 is 1.68 bits per heavy atom. The van der Waals surface area contributed by atoms with E-state index in [1.54, 1.807) is 6.08 Å². The predicted octanol–water partition coefficient (Wildman–Crippen LogP) is 8.43. The third-order valence-electron chi connectivity index (χ3n) is 8.27. The molecule has 0 radical (unpaired) electrons. The van der Waals surface area contributed by atoms with Gasteiger partial charge in [-0.1, -0.05) is 100 Å². The fourth-order valence-corrected chi connectivity index (χ4v) is 5.85. The van der Waals surface area contributed by atoms with Gasteiger partial charge >= 0.3 is 5.97 Å². The summed E-state index contributed by atoms with van der Waals surface area (Å²) in [6.07, 6.45) is 3.33. The Kier molecular flexibility index (Phi) is 9.05. The van der Waals surface area contributed by atoms with Crippen LogP contribution in [0.25, 0.3) is 5.57 Å². The lowest BCUT2D eigenvalue weighted by atomic mass is 9.85. The van der Waals surface area contributed by atoms with Gasteiger partial charge in [0, 0.05) is 17.1 Å². The molecule has 0 amide bonds. The van der Waals surface area contributed by atoms with E-state index in [-0.39, 0.29) is 22.6 Å². The lowest BCUT2D eigenvalue weighted by Gasteiger charge is -2.19. The quantitative estimate of drug-likeness (QED) is 0.160. The second-order valence-corrected chi connectivity index (χ2v) is 12.7. The van der Waals surface area contributed by atoms with E-state index in [0.717, 1.165) is 57.7 Å². The lowest BCUT2D eigenvalue weighted by Crippen LogP contribution is -2.18. The summed E-state index contributed by atoms with van der Waals surface area (Å²) in [5, 5.41) is 0. The molecular formula is C39H40O5. The van der Waals surface area contributed by atoms with Gasteiger partial charge in [-0.3, -0.25) is 4.79 Å².